The lowest BCUT2D eigenvalue weighted by Gasteiger charge is -2.21. The largest absolute Gasteiger partial charge is 0.317 e. The van der Waals surface area contributed by atoms with Crippen molar-refractivity contribution in [3.8, 4) is 11.1 Å². The smallest absolute Gasteiger partial charge is 0.166 e. The molecule has 3 aromatic rings. The molecule has 1 aromatic carbocycles. The monoisotopic (exact) mass is 305 g/mol. The zero-order valence-electron chi connectivity index (χ0n) is 12.9. The van der Waals surface area contributed by atoms with Crippen molar-refractivity contribution >= 4 is 11.4 Å². The number of nitrogens with zero attached hydrogens (tertiary/aromatic N) is 2. The van der Waals surface area contributed by atoms with Crippen LogP contribution in [0.4, 0.5) is 0 Å². The zero-order valence-corrected chi connectivity index (χ0v) is 12.9. The molecule has 1 N–H and O–H groups in total. The first-order valence-corrected chi connectivity index (χ1v) is 8.09. The summed E-state index contributed by atoms with van der Waals surface area (Å²) in [5, 5.41) is 3.30. The Kier molecular flexibility index (Phi) is 3.67. The SMILES string of the molecule is O=C(c1ccc(-c2ccc3nccn3c2)cc1)C1CCNCC1. The average molecular weight is 305 g/mol. The predicted molar refractivity (Wildman–Crippen MR) is 90.6 cm³/mol. The van der Waals surface area contributed by atoms with Crippen LogP contribution in [0.5, 0.6) is 0 Å². The van der Waals surface area contributed by atoms with Crippen molar-refractivity contribution in [2.24, 2.45) is 5.92 Å². The molecule has 3 heterocycles. The second kappa shape index (κ2) is 5.97. The predicted octanol–water partition coefficient (Wildman–Crippen LogP) is 3.18. The van der Waals surface area contributed by atoms with E-state index in [0.29, 0.717) is 0 Å². The van der Waals surface area contributed by atoms with Gasteiger partial charge in [-0.2, -0.15) is 0 Å². The number of pyridine rings is 1. The number of Topliss-reactive ketones (excluding diaryl/α,β-unsaturated/α-hetero) is 1. The van der Waals surface area contributed by atoms with Crippen molar-refractivity contribution in [3.05, 3.63) is 60.6 Å². The van der Waals surface area contributed by atoms with E-state index in [1.165, 1.54) is 0 Å². The summed E-state index contributed by atoms with van der Waals surface area (Å²) in [5.41, 5.74) is 4.00. The van der Waals surface area contributed by atoms with Gasteiger partial charge in [-0.1, -0.05) is 24.3 Å². The van der Waals surface area contributed by atoms with Crippen LogP contribution in [0, 0.1) is 5.92 Å². The van der Waals surface area contributed by atoms with Crippen molar-refractivity contribution < 1.29 is 4.79 Å². The average Bonchev–Trinajstić information content (AvgIpc) is 3.10. The molecule has 4 heteroatoms. The Bertz CT molecular complexity index is 829. The maximum Gasteiger partial charge on any atom is 0.166 e. The molecule has 0 amide bonds. The number of imidazole rings is 1. The number of hydrogen-bond acceptors (Lipinski definition) is 3. The van der Waals surface area contributed by atoms with Crippen LogP contribution < -0.4 is 5.32 Å². The molecule has 1 aliphatic heterocycles. The molecule has 0 aliphatic carbocycles. The molecule has 0 atom stereocenters. The molecule has 0 bridgehead atoms. The molecule has 4 rings (SSSR count). The van der Waals surface area contributed by atoms with Crippen LogP contribution >= 0.6 is 0 Å². The standard InChI is InChI=1S/C19H19N3O/c23-19(16-7-9-20-10-8-16)15-3-1-14(2-4-15)17-5-6-18-21-11-12-22(18)13-17/h1-6,11-13,16,20H,7-10H2. The van der Waals surface area contributed by atoms with E-state index in [2.05, 4.69) is 22.6 Å². The highest BCUT2D eigenvalue weighted by molar-refractivity contribution is 5.98. The van der Waals surface area contributed by atoms with Crippen LogP contribution in [0.2, 0.25) is 0 Å². The Hall–Kier alpha value is -2.46. The van der Waals surface area contributed by atoms with Gasteiger partial charge in [-0.3, -0.25) is 4.79 Å². The number of aromatic nitrogens is 2. The number of fused-ring (bicyclic) bond motifs is 1. The lowest BCUT2D eigenvalue weighted by molar-refractivity contribution is 0.0895. The highest BCUT2D eigenvalue weighted by Crippen LogP contribution is 2.23. The summed E-state index contributed by atoms with van der Waals surface area (Å²) in [5.74, 6) is 0.451. The maximum atomic E-state index is 12.5. The fourth-order valence-electron chi connectivity index (χ4n) is 3.24. The van der Waals surface area contributed by atoms with E-state index >= 15 is 0 Å². The van der Waals surface area contributed by atoms with E-state index in [1.54, 1.807) is 6.20 Å². The first kappa shape index (κ1) is 14.2. The van der Waals surface area contributed by atoms with Crippen molar-refractivity contribution in [2.45, 2.75) is 12.8 Å². The molecule has 0 unspecified atom stereocenters. The molecular formula is C19H19N3O. The Balaban J connectivity index is 1.58. The highest BCUT2D eigenvalue weighted by Gasteiger charge is 2.21. The number of nitrogens with one attached hydrogen (secondary N) is 1. The van der Waals surface area contributed by atoms with Crippen LogP contribution in [0.25, 0.3) is 16.8 Å². The topological polar surface area (TPSA) is 46.4 Å². The van der Waals surface area contributed by atoms with Crippen LogP contribution in [-0.2, 0) is 0 Å². The van der Waals surface area contributed by atoms with Gasteiger partial charge < -0.3 is 9.72 Å². The molecule has 0 radical (unpaired) electrons. The van der Waals surface area contributed by atoms with Gasteiger partial charge in [0, 0.05) is 30.1 Å². The van der Waals surface area contributed by atoms with Crippen molar-refractivity contribution in [3.63, 3.8) is 0 Å². The van der Waals surface area contributed by atoms with Crippen LogP contribution in [0.15, 0.2) is 55.0 Å². The molecular weight excluding hydrogens is 286 g/mol. The van der Waals surface area contributed by atoms with Gasteiger partial charge >= 0.3 is 0 Å². The van der Waals surface area contributed by atoms with E-state index in [1.807, 2.05) is 40.9 Å². The Labute approximate surface area is 135 Å². The number of carbonyl (C=O) groups excluding carboxylic acids is 1. The van der Waals surface area contributed by atoms with Gasteiger partial charge in [0.05, 0.1) is 0 Å². The molecule has 1 aliphatic rings. The van der Waals surface area contributed by atoms with E-state index in [-0.39, 0.29) is 11.7 Å². The third-order valence-corrected chi connectivity index (χ3v) is 4.60. The minimum atomic E-state index is 0.171. The van der Waals surface area contributed by atoms with Gasteiger partial charge in [0.25, 0.3) is 0 Å². The molecule has 4 nitrogen and oxygen atoms in total. The summed E-state index contributed by atoms with van der Waals surface area (Å²) >= 11 is 0. The van der Waals surface area contributed by atoms with Gasteiger partial charge in [0.15, 0.2) is 5.78 Å². The summed E-state index contributed by atoms with van der Waals surface area (Å²) in [6, 6.07) is 12.0. The summed E-state index contributed by atoms with van der Waals surface area (Å²) in [7, 11) is 0. The number of carbonyl (C=O) groups is 1. The third-order valence-electron chi connectivity index (χ3n) is 4.60. The van der Waals surface area contributed by atoms with Crippen molar-refractivity contribution in [1.29, 1.82) is 0 Å². The Morgan fingerprint density at radius 2 is 1.78 bits per heavy atom. The van der Waals surface area contributed by atoms with Gasteiger partial charge in [0.1, 0.15) is 5.65 Å². The summed E-state index contributed by atoms with van der Waals surface area (Å²) in [6.07, 6.45) is 7.68. The van der Waals surface area contributed by atoms with E-state index < -0.39 is 0 Å². The first-order valence-electron chi connectivity index (χ1n) is 8.09. The lowest BCUT2D eigenvalue weighted by atomic mass is 9.89. The second-order valence-electron chi connectivity index (χ2n) is 6.08. The fraction of sp³-hybridized carbons (Fsp3) is 0.263. The van der Waals surface area contributed by atoms with Crippen LogP contribution in [-0.4, -0.2) is 28.3 Å². The van der Waals surface area contributed by atoms with E-state index in [4.69, 9.17) is 0 Å². The highest BCUT2D eigenvalue weighted by atomic mass is 16.1. The molecule has 2 aromatic heterocycles. The van der Waals surface area contributed by atoms with E-state index in [9.17, 15) is 4.79 Å². The normalized spacial score (nSPS) is 15.8. The van der Waals surface area contributed by atoms with Crippen LogP contribution in [0.3, 0.4) is 0 Å². The van der Waals surface area contributed by atoms with Crippen molar-refractivity contribution in [1.82, 2.24) is 14.7 Å². The maximum absolute atomic E-state index is 12.5. The molecule has 1 saturated heterocycles. The van der Waals surface area contributed by atoms with Crippen LogP contribution in [0.1, 0.15) is 23.2 Å². The molecule has 23 heavy (non-hydrogen) atoms. The number of rotatable bonds is 3. The second-order valence-corrected chi connectivity index (χ2v) is 6.08. The zero-order chi connectivity index (χ0) is 15.6. The number of piperidine rings is 1. The molecule has 0 saturated carbocycles. The van der Waals surface area contributed by atoms with E-state index in [0.717, 1.165) is 48.3 Å². The van der Waals surface area contributed by atoms with Gasteiger partial charge in [-0.15, -0.1) is 0 Å². The third kappa shape index (κ3) is 2.78. The van der Waals surface area contributed by atoms with Gasteiger partial charge in [-0.25, -0.2) is 4.98 Å². The minimum absolute atomic E-state index is 0.171. The number of ketones is 1. The lowest BCUT2D eigenvalue weighted by Crippen LogP contribution is -2.31. The minimum Gasteiger partial charge on any atom is -0.317 e. The first-order chi connectivity index (χ1) is 11.3. The summed E-state index contributed by atoms with van der Waals surface area (Å²) < 4.78 is 2.00. The van der Waals surface area contributed by atoms with Gasteiger partial charge in [0.2, 0.25) is 0 Å². The summed E-state index contributed by atoms with van der Waals surface area (Å²) in [4.78, 5) is 16.8. The molecule has 116 valence electrons. The van der Waals surface area contributed by atoms with Gasteiger partial charge in [-0.05, 0) is 49.2 Å². The Morgan fingerprint density at radius 3 is 2.57 bits per heavy atom. The summed E-state index contributed by atoms with van der Waals surface area (Å²) in [6.45, 7) is 1.89. The number of hydrogen-bond donors (Lipinski definition) is 1. The fourth-order valence-corrected chi connectivity index (χ4v) is 3.24. The molecule has 0 spiro atoms. The quantitative estimate of drug-likeness (QED) is 0.756. The van der Waals surface area contributed by atoms with Crippen molar-refractivity contribution in [2.75, 3.05) is 13.1 Å². The number of benzene rings is 1. The Morgan fingerprint density at radius 1 is 1.04 bits per heavy atom. The molecule has 1 fully saturated rings.